The molecular weight excluding hydrogens is 274 g/mol. The van der Waals surface area contributed by atoms with Gasteiger partial charge in [-0.2, -0.15) is 0 Å². The molecule has 0 atom stereocenters. The molecule has 92 valence electrons. The molecule has 0 bridgehead atoms. The highest BCUT2D eigenvalue weighted by Gasteiger charge is 2.24. The van der Waals surface area contributed by atoms with E-state index in [4.69, 9.17) is 15.8 Å². The molecule has 0 aliphatic heterocycles. The molecule has 0 amide bonds. The Kier molecular flexibility index (Phi) is 3.39. The van der Waals surface area contributed by atoms with Crippen LogP contribution in [0.5, 0.6) is 0 Å². The first-order valence-corrected chi connectivity index (χ1v) is 6.42. The number of carbonyl (C=O) groups is 1. The number of halogens is 1. The van der Waals surface area contributed by atoms with Crippen molar-refractivity contribution in [2.24, 2.45) is 0 Å². The van der Waals surface area contributed by atoms with Gasteiger partial charge in [0.15, 0.2) is 0 Å². The fourth-order valence-electron chi connectivity index (χ4n) is 1.25. The number of non-ortho nitro benzene ring substituents is 1. The number of nitrogens with zero attached hydrogens (tertiary/aromatic N) is 1. The van der Waals surface area contributed by atoms with Gasteiger partial charge in [-0.05, 0) is 12.5 Å². The number of benzene rings is 1. The Morgan fingerprint density at radius 3 is 2.35 bits per heavy atom. The topological polar surface area (TPSA) is 115 Å². The predicted molar refractivity (Wildman–Crippen MR) is 57.8 cm³/mol. The molecule has 17 heavy (non-hydrogen) atoms. The van der Waals surface area contributed by atoms with Gasteiger partial charge in [0, 0.05) is 22.8 Å². The summed E-state index contributed by atoms with van der Waals surface area (Å²) < 4.78 is 22.3. The third-order valence-electron chi connectivity index (χ3n) is 2.05. The lowest BCUT2D eigenvalue weighted by Crippen LogP contribution is -2.06. The minimum atomic E-state index is -4.24. The molecule has 0 aliphatic rings. The fraction of sp³-hybridized carbons (Fsp3) is 0.125. The molecular formula is C8H6ClNO6S. The van der Waals surface area contributed by atoms with Crippen molar-refractivity contribution in [2.75, 3.05) is 0 Å². The van der Waals surface area contributed by atoms with Crippen LogP contribution in [0.25, 0.3) is 0 Å². The van der Waals surface area contributed by atoms with Gasteiger partial charge >= 0.3 is 5.97 Å². The molecule has 9 heteroatoms. The number of rotatable bonds is 3. The number of carboxylic acid groups (broad SMARTS) is 1. The first kappa shape index (κ1) is 13.4. The normalized spacial score (nSPS) is 11.2. The second kappa shape index (κ2) is 4.30. The van der Waals surface area contributed by atoms with Crippen LogP contribution in [0.1, 0.15) is 15.9 Å². The minimum Gasteiger partial charge on any atom is -0.478 e. The highest BCUT2D eigenvalue weighted by atomic mass is 35.7. The van der Waals surface area contributed by atoms with Crippen molar-refractivity contribution in [1.29, 1.82) is 0 Å². The Morgan fingerprint density at radius 1 is 1.47 bits per heavy atom. The smallest absolute Gasteiger partial charge is 0.336 e. The fourth-order valence-corrected chi connectivity index (χ4v) is 2.47. The number of nitro benzene ring substituents is 1. The maximum atomic E-state index is 11.2. The molecule has 1 rings (SSSR count). The molecule has 0 unspecified atom stereocenters. The second-order valence-electron chi connectivity index (χ2n) is 3.12. The van der Waals surface area contributed by atoms with Gasteiger partial charge in [-0.3, -0.25) is 10.1 Å². The Balaban J connectivity index is 3.73. The van der Waals surface area contributed by atoms with Gasteiger partial charge in [0.1, 0.15) is 0 Å². The lowest BCUT2D eigenvalue weighted by Gasteiger charge is -2.05. The molecule has 0 aliphatic carbocycles. The van der Waals surface area contributed by atoms with Crippen LogP contribution in [-0.4, -0.2) is 24.4 Å². The minimum absolute atomic E-state index is 0.141. The monoisotopic (exact) mass is 279 g/mol. The second-order valence-corrected chi connectivity index (χ2v) is 5.65. The third-order valence-corrected chi connectivity index (χ3v) is 3.50. The van der Waals surface area contributed by atoms with Crippen LogP contribution in [0.2, 0.25) is 0 Å². The summed E-state index contributed by atoms with van der Waals surface area (Å²) in [6, 6.07) is 1.51. The summed E-state index contributed by atoms with van der Waals surface area (Å²) in [7, 11) is 0.833. The van der Waals surface area contributed by atoms with Crippen LogP contribution < -0.4 is 0 Å². The quantitative estimate of drug-likeness (QED) is 0.510. The molecule has 0 saturated carbocycles. The molecule has 0 fully saturated rings. The lowest BCUT2D eigenvalue weighted by atomic mass is 10.1. The van der Waals surface area contributed by atoms with Crippen molar-refractivity contribution in [3.05, 3.63) is 33.4 Å². The average Bonchev–Trinajstić information content (AvgIpc) is 2.15. The van der Waals surface area contributed by atoms with E-state index in [-0.39, 0.29) is 5.56 Å². The summed E-state index contributed by atoms with van der Waals surface area (Å²) in [5.74, 6) is -1.47. The summed E-state index contributed by atoms with van der Waals surface area (Å²) in [5, 5.41) is 19.3. The van der Waals surface area contributed by atoms with E-state index in [1.54, 1.807) is 0 Å². The molecule has 0 aromatic heterocycles. The van der Waals surface area contributed by atoms with E-state index in [9.17, 15) is 23.3 Å². The van der Waals surface area contributed by atoms with Crippen molar-refractivity contribution in [2.45, 2.75) is 11.8 Å². The average molecular weight is 280 g/mol. The number of hydrogen-bond donors (Lipinski definition) is 1. The van der Waals surface area contributed by atoms with Crippen LogP contribution in [0.4, 0.5) is 5.69 Å². The summed E-state index contributed by atoms with van der Waals surface area (Å²) in [4.78, 5) is 19.9. The largest absolute Gasteiger partial charge is 0.478 e. The van der Waals surface area contributed by atoms with E-state index in [1.807, 2.05) is 0 Å². The number of nitro groups is 1. The highest BCUT2D eigenvalue weighted by Crippen LogP contribution is 2.28. The Morgan fingerprint density at radius 2 is 2.00 bits per heavy atom. The van der Waals surface area contributed by atoms with E-state index >= 15 is 0 Å². The Bertz CT molecular complexity index is 609. The molecule has 7 nitrogen and oxygen atoms in total. The summed E-state index contributed by atoms with van der Waals surface area (Å²) >= 11 is 0. The van der Waals surface area contributed by atoms with Gasteiger partial charge in [-0.25, -0.2) is 13.2 Å². The molecule has 0 saturated heterocycles. The van der Waals surface area contributed by atoms with E-state index in [1.165, 1.54) is 6.92 Å². The van der Waals surface area contributed by atoms with Crippen LogP contribution in [0.15, 0.2) is 17.0 Å². The van der Waals surface area contributed by atoms with Crippen molar-refractivity contribution in [1.82, 2.24) is 0 Å². The van der Waals surface area contributed by atoms with Crippen LogP contribution in [0, 0.1) is 17.0 Å². The predicted octanol–water partition coefficient (Wildman–Crippen LogP) is 1.53. The molecule has 0 spiro atoms. The van der Waals surface area contributed by atoms with Crippen molar-refractivity contribution >= 4 is 31.4 Å². The molecule has 1 aromatic rings. The van der Waals surface area contributed by atoms with Gasteiger partial charge in [0.25, 0.3) is 14.7 Å². The van der Waals surface area contributed by atoms with E-state index in [0.29, 0.717) is 0 Å². The molecule has 1 aromatic carbocycles. The Hall–Kier alpha value is -1.67. The van der Waals surface area contributed by atoms with Crippen LogP contribution in [0.3, 0.4) is 0 Å². The zero-order chi connectivity index (χ0) is 13.4. The van der Waals surface area contributed by atoms with Gasteiger partial charge in [-0.15, -0.1) is 0 Å². The van der Waals surface area contributed by atoms with Gasteiger partial charge in [0.05, 0.1) is 15.4 Å². The molecule has 1 N–H and O–H groups in total. The summed E-state index contributed by atoms with van der Waals surface area (Å²) in [5.41, 5.74) is -1.26. The molecule has 0 radical (unpaired) electrons. The zero-order valence-electron chi connectivity index (χ0n) is 8.38. The van der Waals surface area contributed by atoms with Gasteiger partial charge in [-0.1, -0.05) is 0 Å². The Labute approximate surface area is 100 Å². The standard InChI is InChI=1S/C8H6ClNO6S/c1-4-6(8(11)12)2-5(10(13)14)3-7(4)17(9,15)16/h2-3H,1H3,(H,11,12). The van der Waals surface area contributed by atoms with Crippen LogP contribution in [-0.2, 0) is 9.05 Å². The van der Waals surface area contributed by atoms with E-state index < -0.39 is 36.1 Å². The number of aromatic carboxylic acids is 1. The first-order valence-electron chi connectivity index (χ1n) is 4.11. The number of hydrogen-bond acceptors (Lipinski definition) is 5. The molecule has 0 heterocycles. The summed E-state index contributed by atoms with van der Waals surface area (Å²) in [6.45, 7) is 1.21. The van der Waals surface area contributed by atoms with E-state index in [2.05, 4.69) is 0 Å². The van der Waals surface area contributed by atoms with Crippen molar-refractivity contribution < 1.29 is 23.2 Å². The maximum absolute atomic E-state index is 11.2. The summed E-state index contributed by atoms with van der Waals surface area (Å²) in [6.07, 6.45) is 0. The SMILES string of the molecule is Cc1c(C(=O)O)cc([N+](=O)[O-])cc1S(=O)(=O)Cl. The van der Waals surface area contributed by atoms with Crippen molar-refractivity contribution in [3.63, 3.8) is 0 Å². The number of carboxylic acids is 1. The van der Waals surface area contributed by atoms with Gasteiger partial charge < -0.3 is 5.11 Å². The maximum Gasteiger partial charge on any atom is 0.336 e. The van der Waals surface area contributed by atoms with Crippen LogP contribution >= 0.6 is 10.7 Å². The van der Waals surface area contributed by atoms with Gasteiger partial charge in [0.2, 0.25) is 0 Å². The van der Waals surface area contributed by atoms with Crippen molar-refractivity contribution in [3.8, 4) is 0 Å². The van der Waals surface area contributed by atoms with E-state index in [0.717, 1.165) is 12.1 Å². The lowest BCUT2D eigenvalue weighted by molar-refractivity contribution is -0.385. The third kappa shape index (κ3) is 2.71. The first-order chi connectivity index (χ1) is 7.64. The highest BCUT2D eigenvalue weighted by molar-refractivity contribution is 8.13. The zero-order valence-corrected chi connectivity index (χ0v) is 9.95.